The number of hydrogen-bond donors (Lipinski definition) is 4. The van der Waals surface area contributed by atoms with Gasteiger partial charge in [0.05, 0.1) is 12.8 Å². The van der Waals surface area contributed by atoms with Crippen molar-refractivity contribution in [2.75, 3.05) is 7.11 Å². The average Bonchev–Trinajstić information content (AvgIpc) is 3.69. The predicted octanol–water partition coefficient (Wildman–Crippen LogP) is 4.78. The molecule has 8 bridgehead atoms. The summed E-state index contributed by atoms with van der Waals surface area (Å²) in [7, 11) is 1.35. The lowest BCUT2D eigenvalue weighted by atomic mass is 9.86. The third-order valence-corrected chi connectivity index (χ3v) is 9.52. The van der Waals surface area contributed by atoms with Crippen molar-refractivity contribution in [2.24, 2.45) is 17.8 Å². The zero-order valence-corrected chi connectivity index (χ0v) is 24.9. The summed E-state index contributed by atoms with van der Waals surface area (Å²) in [6.45, 7) is 16.8. The third-order valence-electron chi connectivity index (χ3n) is 9.52. The largest absolute Gasteiger partial charge is 0.468 e. The molecule has 0 amide bonds. The molecule has 0 radical (unpaired) electrons. The predicted molar refractivity (Wildman–Crippen MR) is 163 cm³/mol. The van der Waals surface area contributed by atoms with E-state index in [9.17, 15) is 9.59 Å². The summed E-state index contributed by atoms with van der Waals surface area (Å²) in [4.78, 5) is 37.9. The smallest absolute Gasteiger partial charge is 0.321 e. The first-order valence-electron chi connectivity index (χ1n) is 14.5. The van der Waals surface area contributed by atoms with Gasteiger partial charge in [0.2, 0.25) is 0 Å². The Labute approximate surface area is 240 Å². The van der Waals surface area contributed by atoms with E-state index in [1.54, 1.807) is 0 Å². The number of fused-ring (bicyclic) bond motifs is 7. The average molecular weight is 551 g/mol. The number of aromatic nitrogens is 3. The summed E-state index contributed by atoms with van der Waals surface area (Å²) in [5.74, 6) is -1.48. The molecule has 0 saturated carbocycles. The fourth-order valence-electron chi connectivity index (χ4n) is 7.16. The molecular weight excluding hydrogens is 512 g/mol. The van der Waals surface area contributed by atoms with Gasteiger partial charge < -0.3 is 25.0 Å². The molecule has 41 heavy (non-hydrogen) atoms. The lowest BCUT2D eigenvalue weighted by molar-refractivity contribution is -0.141. The maximum Gasteiger partial charge on any atom is 0.321 e. The van der Waals surface area contributed by atoms with E-state index in [1.807, 2.05) is 13.0 Å². The molecule has 212 valence electrons. The van der Waals surface area contributed by atoms with Gasteiger partial charge in [-0.3, -0.25) is 9.59 Å². The number of nitrogens with one attached hydrogen (secondary N) is 4. The molecule has 4 N–H and O–H groups in total. The van der Waals surface area contributed by atoms with Crippen molar-refractivity contribution in [1.29, 1.82) is 0 Å². The summed E-state index contributed by atoms with van der Waals surface area (Å²) in [6.07, 6.45) is 10.0. The number of esters is 1. The van der Waals surface area contributed by atoms with Crippen LogP contribution in [0.1, 0.15) is 88.1 Å². The van der Waals surface area contributed by atoms with Gasteiger partial charge >= 0.3 is 5.97 Å². The van der Waals surface area contributed by atoms with Crippen molar-refractivity contribution in [3.05, 3.63) is 84.8 Å². The minimum absolute atomic E-state index is 0.105. The first kappa shape index (κ1) is 26.9. The second kappa shape index (κ2) is 9.68. The van der Waals surface area contributed by atoms with Crippen LogP contribution in [0.25, 0.3) is 29.9 Å². The first-order chi connectivity index (χ1) is 19.6. The number of methoxy groups -OCH3 is 1. The van der Waals surface area contributed by atoms with Crippen LogP contribution >= 0.6 is 0 Å². The molecule has 1 aliphatic carbocycles. The van der Waals surface area contributed by atoms with Crippen LogP contribution in [0.4, 0.5) is 0 Å². The Kier molecular flexibility index (Phi) is 6.36. The SMILES string of the molecule is C=Cc1c2[nH]c(c1C)/C=C1\N/C(=C3\c4[nH]c(c(C)c4C(=O)[C@H]3C(=O)OC)/C=c3\[nH]/c(c(C)c3CC)=C\2)[C@@H](CC)[C@@H]1C. The van der Waals surface area contributed by atoms with Gasteiger partial charge in [-0.05, 0) is 74.1 Å². The lowest BCUT2D eigenvalue weighted by Gasteiger charge is -2.18. The lowest BCUT2D eigenvalue weighted by Crippen LogP contribution is -2.25. The second-order valence-electron chi connectivity index (χ2n) is 11.5. The molecular formula is C34H38N4O3. The number of Topliss-reactive ketones (excluding diaryl/α,β-unsaturated/α-hetero) is 1. The number of carbonyl (C=O) groups is 2. The van der Waals surface area contributed by atoms with Crippen LogP contribution in [0.3, 0.4) is 0 Å². The molecule has 1 fully saturated rings. The maximum absolute atomic E-state index is 13.9. The van der Waals surface area contributed by atoms with Gasteiger partial charge in [-0.15, -0.1) is 0 Å². The van der Waals surface area contributed by atoms with E-state index in [4.69, 9.17) is 4.74 Å². The van der Waals surface area contributed by atoms with Crippen LogP contribution in [0.5, 0.6) is 0 Å². The normalized spacial score (nSPS) is 25.6. The molecule has 0 spiro atoms. The van der Waals surface area contributed by atoms with Crippen molar-refractivity contribution in [3.63, 3.8) is 0 Å². The summed E-state index contributed by atoms with van der Waals surface area (Å²) >= 11 is 0. The molecule has 7 nitrogen and oxygen atoms in total. The molecule has 1 saturated heterocycles. The summed E-state index contributed by atoms with van der Waals surface area (Å²) in [5, 5.41) is 5.72. The number of hydrogen-bond acceptors (Lipinski definition) is 4. The third kappa shape index (κ3) is 3.78. The van der Waals surface area contributed by atoms with Crippen LogP contribution in [-0.2, 0) is 16.0 Å². The Morgan fingerprint density at radius 1 is 0.976 bits per heavy atom. The quantitative estimate of drug-likeness (QED) is 0.277. The number of ether oxygens (including phenoxy) is 1. The van der Waals surface area contributed by atoms with Crippen molar-refractivity contribution in [2.45, 2.75) is 54.4 Å². The molecule has 2 aliphatic heterocycles. The number of ketones is 1. The van der Waals surface area contributed by atoms with Crippen molar-refractivity contribution >= 4 is 41.6 Å². The van der Waals surface area contributed by atoms with E-state index in [-0.39, 0.29) is 17.6 Å². The summed E-state index contributed by atoms with van der Waals surface area (Å²) < 4.78 is 5.18. The molecule has 7 heteroatoms. The van der Waals surface area contributed by atoms with Crippen molar-refractivity contribution in [1.82, 2.24) is 20.3 Å². The minimum atomic E-state index is -0.998. The van der Waals surface area contributed by atoms with Gasteiger partial charge in [0.1, 0.15) is 5.92 Å². The molecule has 5 heterocycles. The Balaban J connectivity index is 1.76. The van der Waals surface area contributed by atoms with E-state index in [0.29, 0.717) is 11.1 Å². The highest BCUT2D eigenvalue weighted by Crippen LogP contribution is 2.47. The van der Waals surface area contributed by atoms with Gasteiger partial charge in [0.25, 0.3) is 0 Å². The maximum atomic E-state index is 13.9. The Bertz CT molecular complexity index is 1840. The molecule has 3 atom stereocenters. The van der Waals surface area contributed by atoms with Crippen LogP contribution in [0.2, 0.25) is 0 Å². The summed E-state index contributed by atoms with van der Waals surface area (Å²) in [6, 6.07) is 0. The Morgan fingerprint density at radius 2 is 1.68 bits per heavy atom. The number of H-pyrrole nitrogens is 3. The number of carbonyl (C=O) groups excluding carboxylic acids is 2. The van der Waals surface area contributed by atoms with Crippen molar-refractivity contribution in [3.8, 4) is 0 Å². The van der Waals surface area contributed by atoms with E-state index in [1.165, 1.54) is 18.2 Å². The topological polar surface area (TPSA) is 103 Å². The van der Waals surface area contributed by atoms with Gasteiger partial charge in [0.15, 0.2) is 5.78 Å². The summed E-state index contributed by atoms with van der Waals surface area (Å²) in [5.41, 5.74) is 12.3. The molecule has 3 aromatic rings. The highest BCUT2D eigenvalue weighted by atomic mass is 16.5. The van der Waals surface area contributed by atoms with Gasteiger partial charge in [-0.25, -0.2) is 0 Å². The van der Waals surface area contributed by atoms with E-state index >= 15 is 0 Å². The van der Waals surface area contributed by atoms with Crippen LogP contribution in [0, 0.1) is 38.5 Å². The molecule has 0 aromatic carbocycles. The first-order valence-corrected chi connectivity index (χ1v) is 14.5. The standard InChI is InChI=1S/C34H38N4O3/c1-9-19-15(4)22-12-24-17(6)21(11-3)31(37-24)29-30(34(40)41-8)33(39)28-18(7)25(38-32(28)29)14-27-20(10-2)16(5)23(36-27)13-26(19)35-22/h9,12-14,17,21,30,35-38H,1,10-11H2,2-8H3/b23-13-,24-12-,27-14-,31-29-/t17-,21-,30-/m0/s1. The highest BCUT2D eigenvalue weighted by molar-refractivity contribution is 6.24. The van der Waals surface area contributed by atoms with Crippen LogP contribution in [-0.4, -0.2) is 33.8 Å². The zero-order chi connectivity index (χ0) is 29.3. The molecule has 3 aromatic heterocycles. The van der Waals surface area contributed by atoms with Gasteiger partial charge in [0, 0.05) is 67.7 Å². The fourth-order valence-corrected chi connectivity index (χ4v) is 7.16. The van der Waals surface area contributed by atoms with E-state index < -0.39 is 11.9 Å². The molecule has 6 rings (SSSR count). The van der Waals surface area contributed by atoms with E-state index in [0.717, 1.165) is 74.4 Å². The minimum Gasteiger partial charge on any atom is -0.468 e. The fraction of sp³-hybridized carbons (Fsp3) is 0.353. The molecule has 0 unspecified atom stereocenters. The number of rotatable bonds is 4. The van der Waals surface area contributed by atoms with Crippen LogP contribution in [0.15, 0.2) is 18.0 Å². The number of aromatic amines is 3. The van der Waals surface area contributed by atoms with Gasteiger partial charge in [-0.2, -0.15) is 0 Å². The monoisotopic (exact) mass is 550 g/mol. The number of allylic oxidation sites excluding steroid dienone is 2. The van der Waals surface area contributed by atoms with E-state index in [2.05, 4.69) is 79.7 Å². The second-order valence-corrected chi connectivity index (χ2v) is 11.5. The Morgan fingerprint density at radius 3 is 2.34 bits per heavy atom. The molecule has 3 aliphatic rings. The zero-order valence-electron chi connectivity index (χ0n) is 24.9. The van der Waals surface area contributed by atoms with Gasteiger partial charge in [-0.1, -0.05) is 33.4 Å². The Hall–Kier alpha value is -4.26. The highest BCUT2D eigenvalue weighted by Gasteiger charge is 2.48. The van der Waals surface area contributed by atoms with Crippen molar-refractivity contribution < 1.29 is 14.3 Å². The van der Waals surface area contributed by atoms with Crippen LogP contribution < -0.4 is 16.0 Å².